The van der Waals surface area contributed by atoms with Crippen molar-refractivity contribution in [3.8, 4) is 6.07 Å². The van der Waals surface area contributed by atoms with Gasteiger partial charge in [0, 0.05) is 11.4 Å². The zero-order chi connectivity index (χ0) is 16.7. The second kappa shape index (κ2) is 7.65. The molecule has 0 aliphatic heterocycles. The fraction of sp³-hybridized carbons (Fsp3) is 0.235. The van der Waals surface area contributed by atoms with Crippen molar-refractivity contribution in [1.82, 2.24) is 0 Å². The van der Waals surface area contributed by atoms with Crippen LogP contribution < -0.4 is 10.0 Å². The number of unbranched alkanes of at least 4 members (excludes halogenated alkanes) is 1. The Labute approximate surface area is 137 Å². The molecule has 120 valence electrons. The van der Waals surface area contributed by atoms with E-state index in [1.807, 2.05) is 19.1 Å². The Morgan fingerprint density at radius 1 is 1.04 bits per heavy atom. The minimum absolute atomic E-state index is 0.124. The van der Waals surface area contributed by atoms with E-state index in [1.165, 1.54) is 0 Å². The van der Waals surface area contributed by atoms with Crippen LogP contribution in [0.2, 0.25) is 0 Å². The zero-order valence-electron chi connectivity index (χ0n) is 12.9. The maximum atomic E-state index is 11.9. The highest BCUT2D eigenvalue weighted by Crippen LogP contribution is 2.22. The molecular formula is C17H19N3O2S. The summed E-state index contributed by atoms with van der Waals surface area (Å²) in [5.74, 6) is 0.124. The van der Waals surface area contributed by atoms with E-state index in [4.69, 9.17) is 5.26 Å². The third-order valence-electron chi connectivity index (χ3n) is 3.25. The van der Waals surface area contributed by atoms with E-state index in [2.05, 4.69) is 16.1 Å². The number of benzene rings is 2. The predicted octanol–water partition coefficient (Wildman–Crippen LogP) is 3.84. The van der Waals surface area contributed by atoms with Crippen molar-refractivity contribution in [2.75, 3.05) is 15.8 Å². The molecule has 0 fully saturated rings. The third kappa shape index (κ3) is 5.01. The van der Waals surface area contributed by atoms with Crippen molar-refractivity contribution < 1.29 is 8.42 Å². The molecule has 0 aliphatic carbocycles. The molecule has 5 nitrogen and oxygen atoms in total. The fourth-order valence-corrected chi connectivity index (χ4v) is 3.30. The molecule has 0 saturated carbocycles. The van der Waals surface area contributed by atoms with Gasteiger partial charge in [-0.3, -0.25) is 4.72 Å². The van der Waals surface area contributed by atoms with Crippen LogP contribution in [0.5, 0.6) is 0 Å². The first-order chi connectivity index (χ1) is 11.0. The predicted molar refractivity (Wildman–Crippen MR) is 93.2 cm³/mol. The summed E-state index contributed by atoms with van der Waals surface area (Å²) in [5.41, 5.74) is 2.58. The molecule has 0 atom stereocenters. The van der Waals surface area contributed by atoms with Gasteiger partial charge in [-0.2, -0.15) is 5.26 Å². The third-order valence-corrected chi connectivity index (χ3v) is 4.62. The Balaban J connectivity index is 2.07. The number of nitrogens with zero attached hydrogens (tertiary/aromatic N) is 1. The van der Waals surface area contributed by atoms with Crippen LogP contribution in [0.25, 0.3) is 0 Å². The number of para-hydroxylation sites is 1. The largest absolute Gasteiger partial charge is 0.354 e. The Morgan fingerprint density at radius 3 is 2.35 bits per heavy atom. The maximum Gasteiger partial charge on any atom is 0.232 e. The normalized spacial score (nSPS) is 10.8. The summed E-state index contributed by atoms with van der Waals surface area (Å²) in [5, 5.41) is 12.2. The number of nitriles is 1. The van der Waals surface area contributed by atoms with Crippen LogP contribution in [0, 0.1) is 11.3 Å². The zero-order valence-corrected chi connectivity index (χ0v) is 13.7. The van der Waals surface area contributed by atoms with E-state index < -0.39 is 10.0 Å². The van der Waals surface area contributed by atoms with Gasteiger partial charge in [-0.15, -0.1) is 0 Å². The molecule has 0 heterocycles. The summed E-state index contributed by atoms with van der Waals surface area (Å²) in [7, 11) is -3.29. The number of sulfonamides is 1. The lowest BCUT2D eigenvalue weighted by Crippen LogP contribution is -2.16. The molecule has 0 unspecified atom stereocenters. The molecule has 0 spiro atoms. The van der Waals surface area contributed by atoms with Gasteiger partial charge in [0.1, 0.15) is 6.07 Å². The van der Waals surface area contributed by atoms with Crippen LogP contribution in [0.15, 0.2) is 48.5 Å². The molecule has 6 heteroatoms. The van der Waals surface area contributed by atoms with Gasteiger partial charge in [-0.25, -0.2) is 8.42 Å². The monoisotopic (exact) mass is 329 g/mol. The average Bonchev–Trinajstić information content (AvgIpc) is 2.55. The molecule has 2 N–H and O–H groups in total. The average molecular weight is 329 g/mol. The highest BCUT2D eigenvalue weighted by molar-refractivity contribution is 7.92. The molecule has 0 aliphatic rings. The quantitative estimate of drug-likeness (QED) is 0.808. The SMILES string of the molecule is CCCCS(=O)(=O)Nc1ccc(Nc2ccccc2C#N)cc1. The maximum absolute atomic E-state index is 11.9. The Kier molecular flexibility index (Phi) is 5.61. The molecule has 2 aromatic carbocycles. The van der Waals surface area contributed by atoms with Gasteiger partial charge in [-0.1, -0.05) is 25.5 Å². The molecule has 0 aromatic heterocycles. The molecular weight excluding hydrogens is 310 g/mol. The number of anilines is 3. The van der Waals surface area contributed by atoms with E-state index in [0.29, 0.717) is 23.4 Å². The van der Waals surface area contributed by atoms with Gasteiger partial charge < -0.3 is 5.32 Å². The van der Waals surface area contributed by atoms with Gasteiger partial charge >= 0.3 is 0 Å². The van der Waals surface area contributed by atoms with Crippen LogP contribution in [-0.2, 0) is 10.0 Å². The minimum Gasteiger partial charge on any atom is -0.354 e. The molecule has 23 heavy (non-hydrogen) atoms. The second-order valence-electron chi connectivity index (χ2n) is 5.13. The summed E-state index contributed by atoms with van der Waals surface area (Å²) in [6.45, 7) is 1.95. The molecule has 0 radical (unpaired) electrons. The molecule has 0 amide bonds. The first-order valence-electron chi connectivity index (χ1n) is 7.41. The fourth-order valence-electron chi connectivity index (χ4n) is 2.03. The van der Waals surface area contributed by atoms with Crippen molar-refractivity contribution in [2.45, 2.75) is 19.8 Å². The lowest BCUT2D eigenvalue weighted by molar-refractivity contribution is 0.598. The highest BCUT2D eigenvalue weighted by atomic mass is 32.2. The van der Waals surface area contributed by atoms with Crippen molar-refractivity contribution in [1.29, 1.82) is 5.26 Å². The standard InChI is InChI=1S/C17H19N3O2S/c1-2-3-12-23(21,22)20-16-10-8-15(9-11-16)19-17-7-5-4-6-14(17)13-18/h4-11,19-20H,2-3,12H2,1H3. The molecule has 0 saturated heterocycles. The molecule has 2 rings (SSSR count). The van der Waals surface area contributed by atoms with E-state index in [0.717, 1.165) is 12.1 Å². The van der Waals surface area contributed by atoms with Gasteiger partial charge in [0.2, 0.25) is 10.0 Å². The second-order valence-corrected chi connectivity index (χ2v) is 6.98. The van der Waals surface area contributed by atoms with Crippen molar-refractivity contribution >= 4 is 27.1 Å². The van der Waals surface area contributed by atoms with Gasteiger partial charge in [0.15, 0.2) is 0 Å². The lowest BCUT2D eigenvalue weighted by atomic mass is 10.2. The lowest BCUT2D eigenvalue weighted by Gasteiger charge is -2.10. The van der Waals surface area contributed by atoms with Crippen molar-refractivity contribution in [3.05, 3.63) is 54.1 Å². The summed E-state index contributed by atoms with van der Waals surface area (Å²) in [6.07, 6.45) is 1.47. The molecule has 0 bridgehead atoms. The summed E-state index contributed by atoms with van der Waals surface area (Å²) in [6, 6.07) is 16.3. The number of nitrogens with one attached hydrogen (secondary N) is 2. The van der Waals surface area contributed by atoms with E-state index in [1.54, 1.807) is 36.4 Å². The van der Waals surface area contributed by atoms with E-state index in [9.17, 15) is 8.42 Å². The summed E-state index contributed by atoms with van der Waals surface area (Å²) >= 11 is 0. The number of hydrogen-bond donors (Lipinski definition) is 2. The van der Waals surface area contributed by atoms with Gasteiger partial charge in [-0.05, 0) is 42.8 Å². The Morgan fingerprint density at radius 2 is 1.70 bits per heavy atom. The Bertz CT molecular complexity index is 793. The van der Waals surface area contributed by atoms with Crippen LogP contribution in [0.4, 0.5) is 17.1 Å². The van der Waals surface area contributed by atoms with Gasteiger partial charge in [0.05, 0.1) is 17.0 Å². The first kappa shape index (κ1) is 16.8. The number of rotatable bonds is 7. The van der Waals surface area contributed by atoms with Crippen LogP contribution in [0.3, 0.4) is 0 Å². The molecule has 2 aromatic rings. The van der Waals surface area contributed by atoms with Crippen molar-refractivity contribution in [2.24, 2.45) is 0 Å². The smallest absolute Gasteiger partial charge is 0.232 e. The first-order valence-corrected chi connectivity index (χ1v) is 9.06. The highest BCUT2D eigenvalue weighted by Gasteiger charge is 2.09. The van der Waals surface area contributed by atoms with Crippen LogP contribution >= 0.6 is 0 Å². The van der Waals surface area contributed by atoms with Crippen molar-refractivity contribution in [3.63, 3.8) is 0 Å². The van der Waals surface area contributed by atoms with Crippen LogP contribution in [0.1, 0.15) is 25.3 Å². The summed E-state index contributed by atoms with van der Waals surface area (Å²) in [4.78, 5) is 0. The van der Waals surface area contributed by atoms with Crippen LogP contribution in [-0.4, -0.2) is 14.2 Å². The van der Waals surface area contributed by atoms with Gasteiger partial charge in [0.25, 0.3) is 0 Å². The number of hydrogen-bond acceptors (Lipinski definition) is 4. The summed E-state index contributed by atoms with van der Waals surface area (Å²) < 4.78 is 26.3. The Hall–Kier alpha value is -2.52. The minimum atomic E-state index is -3.29. The van der Waals surface area contributed by atoms with E-state index >= 15 is 0 Å². The topological polar surface area (TPSA) is 82.0 Å². The van der Waals surface area contributed by atoms with E-state index in [-0.39, 0.29) is 5.75 Å².